The van der Waals surface area contributed by atoms with Crippen LogP contribution in [0, 0.1) is 5.82 Å². The van der Waals surface area contributed by atoms with Crippen LogP contribution in [-0.2, 0) is 6.61 Å². The number of nitrogens with zero attached hydrogens (tertiary/aromatic N) is 1. The van der Waals surface area contributed by atoms with Crippen molar-refractivity contribution >= 4 is 15.9 Å². The smallest absolute Gasteiger partial charge is 0.250 e. The topological polar surface area (TPSA) is 42.4 Å². The van der Waals surface area contributed by atoms with E-state index in [1.165, 1.54) is 13.3 Å². The lowest BCUT2D eigenvalue weighted by Gasteiger charge is -2.05. The standard InChI is InChI=1S/C7H7BrFNO2/c1-12-7-6(9)4(3-11)5(8)2-10-7/h2,11H,3H2,1H3. The Morgan fingerprint density at radius 2 is 2.42 bits per heavy atom. The first-order valence-electron chi connectivity index (χ1n) is 3.18. The van der Waals surface area contributed by atoms with E-state index in [4.69, 9.17) is 5.11 Å². The third-order valence-electron chi connectivity index (χ3n) is 1.39. The number of methoxy groups -OCH3 is 1. The second kappa shape index (κ2) is 3.82. The van der Waals surface area contributed by atoms with Crippen LogP contribution >= 0.6 is 15.9 Å². The Kier molecular flexibility index (Phi) is 2.99. The molecule has 0 saturated heterocycles. The van der Waals surface area contributed by atoms with Crippen molar-refractivity contribution in [3.05, 3.63) is 22.1 Å². The van der Waals surface area contributed by atoms with Gasteiger partial charge in [-0.1, -0.05) is 0 Å². The van der Waals surface area contributed by atoms with E-state index in [0.717, 1.165) is 0 Å². The third kappa shape index (κ3) is 1.56. The second-order valence-corrected chi connectivity index (χ2v) is 2.92. The van der Waals surface area contributed by atoms with Crippen molar-refractivity contribution in [1.29, 1.82) is 0 Å². The van der Waals surface area contributed by atoms with E-state index in [9.17, 15) is 4.39 Å². The fraction of sp³-hybridized carbons (Fsp3) is 0.286. The van der Waals surface area contributed by atoms with Gasteiger partial charge in [0.2, 0.25) is 0 Å². The zero-order valence-corrected chi connectivity index (χ0v) is 7.93. The number of hydrogen-bond donors (Lipinski definition) is 1. The number of aliphatic hydroxyl groups excluding tert-OH is 1. The monoisotopic (exact) mass is 235 g/mol. The van der Waals surface area contributed by atoms with Crippen LogP contribution in [0.15, 0.2) is 10.7 Å². The molecule has 12 heavy (non-hydrogen) atoms. The van der Waals surface area contributed by atoms with Gasteiger partial charge in [0.05, 0.1) is 13.7 Å². The molecule has 0 spiro atoms. The van der Waals surface area contributed by atoms with Gasteiger partial charge < -0.3 is 9.84 Å². The zero-order chi connectivity index (χ0) is 9.14. The molecule has 0 radical (unpaired) electrons. The normalized spacial score (nSPS) is 10.0. The minimum absolute atomic E-state index is 0.109. The predicted molar refractivity (Wildman–Crippen MR) is 44.4 cm³/mol. The van der Waals surface area contributed by atoms with E-state index in [1.807, 2.05) is 0 Å². The van der Waals surface area contributed by atoms with Crippen LogP contribution in [-0.4, -0.2) is 17.2 Å². The van der Waals surface area contributed by atoms with Crippen molar-refractivity contribution in [2.24, 2.45) is 0 Å². The maximum atomic E-state index is 13.2. The maximum Gasteiger partial charge on any atom is 0.250 e. The van der Waals surface area contributed by atoms with Crippen molar-refractivity contribution in [2.75, 3.05) is 7.11 Å². The van der Waals surface area contributed by atoms with Crippen molar-refractivity contribution in [1.82, 2.24) is 4.98 Å². The lowest BCUT2D eigenvalue weighted by molar-refractivity contribution is 0.270. The van der Waals surface area contributed by atoms with Gasteiger partial charge in [0.15, 0.2) is 5.82 Å². The molecule has 0 aromatic carbocycles. The van der Waals surface area contributed by atoms with Gasteiger partial charge in [-0.15, -0.1) is 0 Å². The fourth-order valence-corrected chi connectivity index (χ4v) is 1.17. The van der Waals surface area contributed by atoms with E-state index >= 15 is 0 Å². The number of hydrogen-bond acceptors (Lipinski definition) is 3. The van der Waals surface area contributed by atoms with Crippen molar-refractivity contribution in [3.63, 3.8) is 0 Å². The average molecular weight is 236 g/mol. The van der Waals surface area contributed by atoms with Gasteiger partial charge in [0.1, 0.15) is 0 Å². The minimum Gasteiger partial charge on any atom is -0.479 e. The van der Waals surface area contributed by atoms with Crippen LogP contribution < -0.4 is 4.74 Å². The van der Waals surface area contributed by atoms with Gasteiger partial charge in [-0.2, -0.15) is 0 Å². The summed E-state index contributed by atoms with van der Waals surface area (Å²) in [5.74, 6) is -0.739. The molecule has 0 saturated carbocycles. The first kappa shape index (κ1) is 9.41. The Bertz CT molecular complexity index is 293. The molecule has 1 aromatic rings. The van der Waals surface area contributed by atoms with E-state index in [-0.39, 0.29) is 18.1 Å². The van der Waals surface area contributed by atoms with E-state index in [0.29, 0.717) is 4.47 Å². The molecule has 1 rings (SSSR count). The van der Waals surface area contributed by atoms with Gasteiger partial charge in [0.25, 0.3) is 5.88 Å². The minimum atomic E-state index is -0.630. The van der Waals surface area contributed by atoms with Crippen LogP contribution in [0.4, 0.5) is 4.39 Å². The first-order valence-corrected chi connectivity index (χ1v) is 3.97. The zero-order valence-electron chi connectivity index (χ0n) is 6.34. The summed E-state index contributed by atoms with van der Waals surface area (Å²) in [5.41, 5.74) is 0.154. The molecular formula is C7H7BrFNO2. The Labute approximate surface area is 77.3 Å². The number of pyridine rings is 1. The quantitative estimate of drug-likeness (QED) is 0.845. The van der Waals surface area contributed by atoms with Crippen molar-refractivity contribution in [2.45, 2.75) is 6.61 Å². The Morgan fingerprint density at radius 3 is 2.92 bits per heavy atom. The first-order chi connectivity index (χ1) is 5.70. The molecule has 0 aliphatic rings. The number of halogens is 2. The molecule has 1 heterocycles. The largest absolute Gasteiger partial charge is 0.479 e. The lowest BCUT2D eigenvalue weighted by atomic mass is 10.3. The number of ether oxygens (including phenoxy) is 1. The summed E-state index contributed by atoms with van der Waals surface area (Å²) in [5, 5.41) is 8.77. The van der Waals surface area contributed by atoms with Crippen molar-refractivity contribution in [3.8, 4) is 5.88 Å². The van der Waals surface area contributed by atoms with Crippen LogP contribution in [0.2, 0.25) is 0 Å². The SMILES string of the molecule is COc1ncc(Br)c(CO)c1F. The molecule has 3 nitrogen and oxygen atoms in total. The molecule has 0 aliphatic heterocycles. The summed E-state index contributed by atoms with van der Waals surface area (Å²) in [6.07, 6.45) is 1.38. The molecule has 0 unspecified atom stereocenters. The summed E-state index contributed by atoms with van der Waals surface area (Å²) >= 11 is 3.05. The molecular weight excluding hydrogens is 229 g/mol. The van der Waals surface area contributed by atoms with E-state index in [1.54, 1.807) is 0 Å². The van der Waals surface area contributed by atoms with Crippen LogP contribution in [0.5, 0.6) is 5.88 Å². The van der Waals surface area contributed by atoms with Crippen LogP contribution in [0.1, 0.15) is 5.56 Å². The van der Waals surface area contributed by atoms with E-state index < -0.39 is 5.82 Å². The molecule has 66 valence electrons. The Balaban J connectivity index is 3.24. The summed E-state index contributed by atoms with van der Waals surface area (Å²) < 4.78 is 18.2. The molecule has 0 aliphatic carbocycles. The fourth-order valence-electron chi connectivity index (χ4n) is 0.771. The highest BCUT2D eigenvalue weighted by molar-refractivity contribution is 9.10. The number of aliphatic hydroxyl groups is 1. The van der Waals surface area contributed by atoms with Gasteiger partial charge in [-0.25, -0.2) is 9.37 Å². The summed E-state index contributed by atoms with van der Waals surface area (Å²) in [4.78, 5) is 3.65. The lowest BCUT2D eigenvalue weighted by Crippen LogP contribution is -1.98. The molecule has 5 heteroatoms. The summed E-state index contributed by atoms with van der Waals surface area (Å²) in [6, 6.07) is 0. The second-order valence-electron chi connectivity index (χ2n) is 2.07. The van der Waals surface area contributed by atoms with Gasteiger partial charge in [-0.3, -0.25) is 0 Å². The summed E-state index contributed by atoms with van der Waals surface area (Å²) in [6.45, 7) is -0.384. The average Bonchev–Trinajstić information content (AvgIpc) is 2.06. The van der Waals surface area contributed by atoms with Crippen LogP contribution in [0.3, 0.4) is 0 Å². The van der Waals surface area contributed by atoms with Gasteiger partial charge in [-0.05, 0) is 15.9 Å². The molecule has 1 aromatic heterocycles. The molecule has 0 amide bonds. The molecule has 0 fully saturated rings. The van der Waals surface area contributed by atoms with Gasteiger partial charge in [0, 0.05) is 16.2 Å². The highest BCUT2D eigenvalue weighted by Gasteiger charge is 2.12. The highest BCUT2D eigenvalue weighted by Crippen LogP contribution is 2.24. The highest BCUT2D eigenvalue weighted by atomic mass is 79.9. The summed E-state index contributed by atoms with van der Waals surface area (Å²) in [7, 11) is 1.32. The Hall–Kier alpha value is -0.680. The van der Waals surface area contributed by atoms with Crippen molar-refractivity contribution < 1.29 is 14.2 Å². The van der Waals surface area contributed by atoms with Crippen LogP contribution in [0.25, 0.3) is 0 Å². The molecule has 0 atom stereocenters. The van der Waals surface area contributed by atoms with Gasteiger partial charge >= 0.3 is 0 Å². The molecule has 1 N–H and O–H groups in total. The van der Waals surface area contributed by atoms with E-state index in [2.05, 4.69) is 25.7 Å². The number of rotatable bonds is 2. The number of aromatic nitrogens is 1. The molecule has 0 bridgehead atoms. The predicted octanol–water partition coefficient (Wildman–Crippen LogP) is 1.48. The third-order valence-corrected chi connectivity index (χ3v) is 2.07. The maximum absolute atomic E-state index is 13.2. The Morgan fingerprint density at radius 1 is 1.75 bits per heavy atom.